The first-order valence-corrected chi connectivity index (χ1v) is 5.37. The number of alkyl halides is 1. The first-order chi connectivity index (χ1) is 5.81. The Morgan fingerprint density at radius 2 is 2.25 bits per heavy atom. The van der Waals surface area contributed by atoms with Gasteiger partial charge < -0.3 is 5.32 Å². The Balaban J connectivity index is 2.19. The Morgan fingerprint density at radius 3 is 2.83 bits per heavy atom. The summed E-state index contributed by atoms with van der Waals surface area (Å²) in [7, 11) is 0. The molecular formula is C8H11ClN2S. The summed E-state index contributed by atoms with van der Waals surface area (Å²) in [5.74, 6) is 0. The van der Waals surface area contributed by atoms with Gasteiger partial charge in [0.25, 0.3) is 0 Å². The second kappa shape index (κ2) is 3.32. The van der Waals surface area contributed by atoms with E-state index in [1.54, 1.807) is 11.3 Å². The summed E-state index contributed by atoms with van der Waals surface area (Å²) < 4.78 is 0. The maximum absolute atomic E-state index is 6.45. The molecule has 0 aromatic carbocycles. The van der Waals surface area contributed by atoms with Gasteiger partial charge in [0.05, 0.1) is 4.87 Å². The van der Waals surface area contributed by atoms with Gasteiger partial charge in [0.1, 0.15) is 5.01 Å². The second-order valence-corrected chi connectivity index (χ2v) is 4.67. The third-order valence-electron chi connectivity index (χ3n) is 2.21. The molecule has 1 aliphatic heterocycles. The molecule has 12 heavy (non-hydrogen) atoms. The Hall–Kier alpha value is -0.120. The van der Waals surface area contributed by atoms with Crippen molar-refractivity contribution >= 4 is 22.9 Å². The van der Waals surface area contributed by atoms with Crippen LogP contribution in [0.1, 0.15) is 17.8 Å². The summed E-state index contributed by atoms with van der Waals surface area (Å²) in [6, 6.07) is 0. The van der Waals surface area contributed by atoms with Crippen LogP contribution in [0.4, 0.5) is 0 Å². The van der Waals surface area contributed by atoms with Gasteiger partial charge in [-0.05, 0) is 25.9 Å². The fraction of sp³-hybridized carbons (Fsp3) is 0.625. The largest absolute Gasteiger partial charge is 0.317 e. The van der Waals surface area contributed by atoms with E-state index in [9.17, 15) is 0 Å². The predicted molar refractivity (Wildman–Crippen MR) is 51.7 cm³/mol. The van der Waals surface area contributed by atoms with Crippen LogP contribution in [0, 0.1) is 0 Å². The van der Waals surface area contributed by atoms with Crippen molar-refractivity contribution in [3.63, 3.8) is 0 Å². The van der Waals surface area contributed by atoms with Crippen molar-refractivity contribution in [3.05, 3.63) is 16.6 Å². The van der Waals surface area contributed by atoms with Crippen LogP contribution >= 0.6 is 22.9 Å². The van der Waals surface area contributed by atoms with Gasteiger partial charge in [-0.15, -0.1) is 22.9 Å². The third kappa shape index (κ3) is 1.49. The lowest BCUT2D eigenvalue weighted by atomic mass is 9.98. The topological polar surface area (TPSA) is 24.9 Å². The minimum absolute atomic E-state index is 0.181. The first kappa shape index (κ1) is 8.48. The molecule has 1 saturated heterocycles. The molecule has 0 saturated carbocycles. The maximum Gasteiger partial charge on any atom is 0.114 e. The standard InChI is InChI=1S/C8H11ClN2S/c9-8(1-3-10-4-2-8)7-11-5-6-12-7/h5-6,10H,1-4H2. The highest BCUT2D eigenvalue weighted by molar-refractivity contribution is 7.10. The molecule has 1 aliphatic rings. The van der Waals surface area contributed by atoms with Crippen molar-refractivity contribution in [1.29, 1.82) is 0 Å². The fourth-order valence-corrected chi connectivity index (χ4v) is 2.64. The van der Waals surface area contributed by atoms with Crippen LogP contribution in [-0.4, -0.2) is 18.1 Å². The highest BCUT2D eigenvalue weighted by Crippen LogP contribution is 2.38. The average molecular weight is 203 g/mol. The summed E-state index contributed by atoms with van der Waals surface area (Å²) in [4.78, 5) is 4.09. The number of nitrogens with one attached hydrogen (secondary N) is 1. The van der Waals surface area contributed by atoms with Crippen molar-refractivity contribution < 1.29 is 0 Å². The fourth-order valence-electron chi connectivity index (χ4n) is 1.48. The van der Waals surface area contributed by atoms with Crippen LogP contribution < -0.4 is 5.32 Å². The Bertz CT molecular complexity index is 242. The molecule has 0 atom stereocenters. The minimum atomic E-state index is -0.181. The Morgan fingerprint density at radius 1 is 1.50 bits per heavy atom. The molecule has 0 amide bonds. The lowest BCUT2D eigenvalue weighted by molar-refractivity contribution is 0.414. The molecule has 1 aromatic rings. The molecular weight excluding hydrogens is 192 g/mol. The molecule has 2 nitrogen and oxygen atoms in total. The molecule has 2 rings (SSSR count). The Kier molecular flexibility index (Phi) is 2.35. The zero-order valence-corrected chi connectivity index (χ0v) is 8.29. The summed E-state index contributed by atoms with van der Waals surface area (Å²) >= 11 is 8.11. The summed E-state index contributed by atoms with van der Waals surface area (Å²) in [5, 5.41) is 6.36. The lowest BCUT2D eigenvalue weighted by Crippen LogP contribution is -2.35. The predicted octanol–water partition coefficient (Wildman–Crippen LogP) is 1.96. The zero-order valence-electron chi connectivity index (χ0n) is 6.72. The number of thiazole rings is 1. The number of rotatable bonds is 1. The van der Waals surface area contributed by atoms with E-state index in [1.807, 2.05) is 11.6 Å². The van der Waals surface area contributed by atoms with Crippen molar-refractivity contribution in [3.8, 4) is 0 Å². The van der Waals surface area contributed by atoms with Gasteiger partial charge in [0.2, 0.25) is 0 Å². The molecule has 2 heterocycles. The van der Waals surface area contributed by atoms with Gasteiger partial charge in [0, 0.05) is 11.6 Å². The molecule has 1 N–H and O–H groups in total. The van der Waals surface area contributed by atoms with Gasteiger partial charge in [-0.2, -0.15) is 0 Å². The SMILES string of the molecule is ClC1(c2nccs2)CCNCC1. The molecule has 0 spiro atoms. The van der Waals surface area contributed by atoms with Crippen molar-refractivity contribution in [2.24, 2.45) is 0 Å². The smallest absolute Gasteiger partial charge is 0.114 e. The van der Waals surface area contributed by atoms with Crippen LogP contribution in [0.2, 0.25) is 0 Å². The number of piperidine rings is 1. The first-order valence-electron chi connectivity index (χ1n) is 4.11. The van der Waals surface area contributed by atoms with E-state index in [4.69, 9.17) is 11.6 Å². The summed E-state index contributed by atoms with van der Waals surface area (Å²) in [5.41, 5.74) is 0. The second-order valence-electron chi connectivity index (χ2n) is 3.05. The van der Waals surface area contributed by atoms with Crippen molar-refractivity contribution in [2.75, 3.05) is 13.1 Å². The number of halogens is 1. The van der Waals surface area contributed by atoms with Crippen LogP contribution in [0.5, 0.6) is 0 Å². The normalized spacial score (nSPS) is 22.4. The number of nitrogens with zero attached hydrogens (tertiary/aromatic N) is 1. The van der Waals surface area contributed by atoms with E-state index in [2.05, 4.69) is 10.3 Å². The van der Waals surface area contributed by atoms with Gasteiger partial charge in [0.15, 0.2) is 0 Å². The number of hydrogen-bond donors (Lipinski definition) is 1. The molecule has 0 radical (unpaired) electrons. The van der Waals surface area contributed by atoms with Gasteiger partial charge in [-0.1, -0.05) is 0 Å². The van der Waals surface area contributed by atoms with Gasteiger partial charge in [-0.3, -0.25) is 0 Å². The van der Waals surface area contributed by atoms with E-state index in [-0.39, 0.29) is 4.87 Å². The van der Waals surface area contributed by atoms with Crippen LogP contribution in [-0.2, 0) is 4.87 Å². The molecule has 0 unspecified atom stereocenters. The van der Waals surface area contributed by atoms with Crippen LogP contribution in [0.3, 0.4) is 0 Å². The molecule has 0 bridgehead atoms. The molecule has 1 aromatic heterocycles. The van der Waals surface area contributed by atoms with Gasteiger partial charge >= 0.3 is 0 Å². The number of hydrogen-bond acceptors (Lipinski definition) is 3. The molecule has 0 aliphatic carbocycles. The van der Waals surface area contributed by atoms with Crippen molar-refractivity contribution in [2.45, 2.75) is 17.7 Å². The third-order valence-corrected chi connectivity index (χ3v) is 3.86. The maximum atomic E-state index is 6.45. The molecule has 1 fully saturated rings. The van der Waals surface area contributed by atoms with E-state index in [0.717, 1.165) is 30.9 Å². The highest BCUT2D eigenvalue weighted by atomic mass is 35.5. The quantitative estimate of drug-likeness (QED) is 0.705. The van der Waals surface area contributed by atoms with Gasteiger partial charge in [-0.25, -0.2) is 4.98 Å². The van der Waals surface area contributed by atoms with Crippen molar-refractivity contribution in [1.82, 2.24) is 10.3 Å². The van der Waals surface area contributed by atoms with E-state index < -0.39 is 0 Å². The average Bonchev–Trinajstić information content (AvgIpc) is 2.58. The number of aromatic nitrogens is 1. The lowest BCUT2D eigenvalue weighted by Gasteiger charge is -2.29. The van der Waals surface area contributed by atoms with E-state index in [0.29, 0.717) is 0 Å². The molecule has 66 valence electrons. The summed E-state index contributed by atoms with van der Waals surface area (Å²) in [6.07, 6.45) is 3.80. The zero-order chi connectivity index (χ0) is 8.44. The van der Waals surface area contributed by atoms with E-state index in [1.165, 1.54) is 0 Å². The minimum Gasteiger partial charge on any atom is -0.317 e. The molecule has 4 heteroatoms. The summed E-state index contributed by atoms with van der Waals surface area (Å²) in [6.45, 7) is 2.01. The monoisotopic (exact) mass is 202 g/mol. The van der Waals surface area contributed by atoms with Crippen LogP contribution in [0.15, 0.2) is 11.6 Å². The van der Waals surface area contributed by atoms with Crippen LogP contribution in [0.25, 0.3) is 0 Å². The highest BCUT2D eigenvalue weighted by Gasteiger charge is 2.33. The van der Waals surface area contributed by atoms with E-state index >= 15 is 0 Å². The Labute approximate surface area is 81.0 Å².